The van der Waals surface area contributed by atoms with Gasteiger partial charge in [-0.2, -0.15) is 8.42 Å². The third kappa shape index (κ3) is 2.74. The monoisotopic (exact) mass is 274 g/mol. The second-order valence-corrected chi connectivity index (χ2v) is 4.98. The average molecular weight is 274 g/mol. The van der Waals surface area contributed by atoms with Gasteiger partial charge in [0.15, 0.2) is 11.5 Å². The van der Waals surface area contributed by atoms with Crippen molar-refractivity contribution in [2.45, 2.75) is 5.25 Å². The number of aromatic hydroxyl groups is 1. The quantitative estimate of drug-likeness (QED) is 0.624. The Morgan fingerprint density at radius 2 is 1.72 bits per heavy atom. The number of rotatable bonds is 5. The second kappa shape index (κ2) is 5.28. The Morgan fingerprint density at radius 3 is 2.00 bits per heavy atom. The van der Waals surface area contributed by atoms with Gasteiger partial charge < -0.3 is 14.6 Å². The van der Waals surface area contributed by atoms with Crippen LogP contribution in [0.1, 0.15) is 10.8 Å². The number of hydrogen-bond acceptors (Lipinski definition) is 5. The number of phenols is 1. The van der Waals surface area contributed by atoms with Crippen LogP contribution >= 0.6 is 0 Å². The van der Waals surface area contributed by atoms with Gasteiger partial charge in [-0.05, 0) is 17.7 Å². The molecule has 0 amide bonds. The molecule has 7 heteroatoms. The van der Waals surface area contributed by atoms with Crippen molar-refractivity contribution in [2.24, 2.45) is 0 Å². The maximum Gasteiger partial charge on any atom is 0.275 e. The van der Waals surface area contributed by atoms with Crippen molar-refractivity contribution in [3.63, 3.8) is 0 Å². The smallest absolute Gasteiger partial charge is 0.275 e. The van der Waals surface area contributed by atoms with E-state index in [9.17, 15) is 13.5 Å². The van der Waals surface area contributed by atoms with Crippen molar-refractivity contribution in [3.05, 3.63) is 30.4 Å². The van der Waals surface area contributed by atoms with Crippen LogP contribution in [0, 0.1) is 0 Å². The Kier molecular flexibility index (Phi) is 4.20. The van der Waals surface area contributed by atoms with Gasteiger partial charge in [0.05, 0.1) is 14.2 Å². The van der Waals surface area contributed by atoms with Gasteiger partial charge in [0, 0.05) is 0 Å². The van der Waals surface area contributed by atoms with E-state index in [0.29, 0.717) is 0 Å². The molecule has 1 rings (SSSR count). The Balaban J connectivity index is 3.46. The van der Waals surface area contributed by atoms with E-state index in [4.69, 9.17) is 14.0 Å². The molecule has 0 heterocycles. The molecule has 0 aromatic heterocycles. The van der Waals surface area contributed by atoms with Crippen LogP contribution in [-0.2, 0) is 10.1 Å². The lowest BCUT2D eigenvalue weighted by Crippen LogP contribution is -2.10. The second-order valence-electron chi connectivity index (χ2n) is 3.45. The van der Waals surface area contributed by atoms with Crippen LogP contribution in [0.15, 0.2) is 24.8 Å². The van der Waals surface area contributed by atoms with Crippen molar-refractivity contribution >= 4 is 10.1 Å². The first-order chi connectivity index (χ1) is 8.35. The van der Waals surface area contributed by atoms with E-state index in [2.05, 4.69) is 6.58 Å². The molecule has 0 aliphatic rings. The summed E-state index contributed by atoms with van der Waals surface area (Å²) in [6.07, 6.45) is 1.07. The van der Waals surface area contributed by atoms with Crippen LogP contribution in [0.5, 0.6) is 17.2 Å². The summed E-state index contributed by atoms with van der Waals surface area (Å²) in [4.78, 5) is 0. The number of methoxy groups -OCH3 is 2. The van der Waals surface area contributed by atoms with Crippen LogP contribution < -0.4 is 9.47 Å². The minimum Gasteiger partial charge on any atom is -0.502 e. The van der Waals surface area contributed by atoms with Gasteiger partial charge in [-0.3, -0.25) is 4.55 Å². The molecule has 0 spiro atoms. The van der Waals surface area contributed by atoms with Crippen molar-refractivity contribution in [3.8, 4) is 17.2 Å². The first kappa shape index (κ1) is 14.3. The first-order valence-corrected chi connectivity index (χ1v) is 6.39. The highest BCUT2D eigenvalue weighted by atomic mass is 32.2. The average Bonchev–Trinajstić information content (AvgIpc) is 2.29. The van der Waals surface area contributed by atoms with Gasteiger partial charge in [-0.1, -0.05) is 6.08 Å². The predicted molar refractivity (Wildman–Crippen MR) is 65.7 cm³/mol. The van der Waals surface area contributed by atoms with E-state index in [-0.39, 0.29) is 22.8 Å². The fraction of sp³-hybridized carbons (Fsp3) is 0.273. The predicted octanol–water partition coefficient (Wildman–Crippen LogP) is 1.52. The standard InChI is InChI=1S/C11H14O6S/c1-4-10(18(13,14)15)7-5-8(16-2)11(12)9(6-7)17-3/h4-6,10,12H,1H2,2-3H3,(H,13,14,15)/t10-/m0/s1. The lowest BCUT2D eigenvalue weighted by molar-refractivity contribution is 0.339. The van der Waals surface area contributed by atoms with E-state index in [1.165, 1.54) is 26.4 Å². The summed E-state index contributed by atoms with van der Waals surface area (Å²) < 4.78 is 41.2. The van der Waals surface area contributed by atoms with Crippen LogP contribution in [0.3, 0.4) is 0 Å². The third-order valence-electron chi connectivity index (χ3n) is 2.37. The highest BCUT2D eigenvalue weighted by Gasteiger charge is 2.24. The molecule has 100 valence electrons. The molecule has 0 saturated carbocycles. The topological polar surface area (TPSA) is 93.1 Å². The van der Waals surface area contributed by atoms with E-state index in [0.717, 1.165) is 6.08 Å². The zero-order valence-electron chi connectivity index (χ0n) is 9.95. The SMILES string of the molecule is C=C[C@@H](c1cc(OC)c(O)c(OC)c1)S(=O)(=O)O. The van der Waals surface area contributed by atoms with Crippen LogP contribution in [0.4, 0.5) is 0 Å². The summed E-state index contributed by atoms with van der Waals surface area (Å²) in [7, 11) is -1.71. The van der Waals surface area contributed by atoms with Crippen LogP contribution in [0.25, 0.3) is 0 Å². The molecule has 1 atom stereocenters. The summed E-state index contributed by atoms with van der Waals surface area (Å²) in [6, 6.07) is 2.58. The highest BCUT2D eigenvalue weighted by Crippen LogP contribution is 2.40. The van der Waals surface area contributed by atoms with Crippen LogP contribution in [-0.4, -0.2) is 32.3 Å². The highest BCUT2D eigenvalue weighted by molar-refractivity contribution is 7.86. The summed E-state index contributed by atoms with van der Waals surface area (Å²) in [5.74, 6) is -0.165. The third-order valence-corrected chi connectivity index (χ3v) is 3.47. The summed E-state index contributed by atoms with van der Waals surface area (Å²) >= 11 is 0. The largest absolute Gasteiger partial charge is 0.502 e. The zero-order valence-corrected chi connectivity index (χ0v) is 10.8. The molecule has 6 nitrogen and oxygen atoms in total. The van der Waals surface area contributed by atoms with Gasteiger partial charge in [-0.25, -0.2) is 0 Å². The first-order valence-electron chi connectivity index (χ1n) is 4.88. The molecule has 1 aromatic carbocycles. The van der Waals surface area contributed by atoms with Gasteiger partial charge >= 0.3 is 0 Å². The normalized spacial score (nSPS) is 12.8. The fourth-order valence-corrected chi connectivity index (χ4v) is 2.23. The number of ether oxygens (including phenoxy) is 2. The van der Waals surface area contributed by atoms with E-state index >= 15 is 0 Å². The number of hydrogen-bond donors (Lipinski definition) is 2. The van der Waals surface area contributed by atoms with Gasteiger partial charge in [0.2, 0.25) is 5.75 Å². The molecule has 0 unspecified atom stereocenters. The lowest BCUT2D eigenvalue weighted by Gasteiger charge is -2.14. The van der Waals surface area contributed by atoms with Crippen LogP contribution in [0.2, 0.25) is 0 Å². The molecule has 0 bridgehead atoms. The molecule has 0 fully saturated rings. The summed E-state index contributed by atoms with van der Waals surface area (Å²) in [5.41, 5.74) is 0.180. The molecular formula is C11H14O6S. The van der Waals surface area contributed by atoms with Crippen molar-refractivity contribution < 1.29 is 27.6 Å². The lowest BCUT2D eigenvalue weighted by atomic mass is 10.1. The van der Waals surface area contributed by atoms with E-state index in [1.807, 2.05) is 0 Å². The number of phenolic OH excluding ortho intramolecular Hbond substituents is 1. The van der Waals surface area contributed by atoms with Gasteiger partial charge in [0.1, 0.15) is 5.25 Å². The maximum absolute atomic E-state index is 11.2. The Labute approximate surface area is 105 Å². The maximum atomic E-state index is 11.2. The number of benzene rings is 1. The van der Waals surface area contributed by atoms with Crippen molar-refractivity contribution in [2.75, 3.05) is 14.2 Å². The zero-order chi connectivity index (χ0) is 13.9. The Morgan fingerprint density at radius 1 is 1.28 bits per heavy atom. The molecule has 0 aliphatic carbocycles. The molecular weight excluding hydrogens is 260 g/mol. The molecule has 0 radical (unpaired) electrons. The minimum absolute atomic E-state index is 0.0415. The molecule has 1 aromatic rings. The molecule has 0 saturated heterocycles. The summed E-state index contributed by atoms with van der Waals surface area (Å²) in [5, 5.41) is 8.36. The molecule has 18 heavy (non-hydrogen) atoms. The van der Waals surface area contributed by atoms with Gasteiger partial charge in [0.25, 0.3) is 10.1 Å². The van der Waals surface area contributed by atoms with Gasteiger partial charge in [-0.15, -0.1) is 6.58 Å². The molecule has 2 N–H and O–H groups in total. The summed E-state index contributed by atoms with van der Waals surface area (Å²) in [6.45, 7) is 3.35. The Bertz CT molecular complexity index is 524. The molecule has 0 aliphatic heterocycles. The Hall–Kier alpha value is -1.73. The van der Waals surface area contributed by atoms with E-state index < -0.39 is 15.4 Å². The fourth-order valence-electron chi connectivity index (χ4n) is 1.51. The van der Waals surface area contributed by atoms with E-state index in [1.54, 1.807) is 0 Å². The minimum atomic E-state index is -4.34. The van der Waals surface area contributed by atoms with Crippen molar-refractivity contribution in [1.82, 2.24) is 0 Å². The van der Waals surface area contributed by atoms with Crippen molar-refractivity contribution in [1.29, 1.82) is 0 Å².